The SMILES string of the molecule is CN(CCSP(=O)(O)O)c1cccc2nsnc12. The van der Waals surface area contributed by atoms with Crippen molar-refractivity contribution < 1.29 is 14.4 Å². The summed E-state index contributed by atoms with van der Waals surface area (Å²) in [6.07, 6.45) is 0. The van der Waals surface area contributed by atoms with E-state index in [1.807, 2.05) is 30.1 Å². The van der Waals surface area contributed by atoms with Gasteiger partial charge in [0, 0.05) is 19.3 Å². The minimum Gasteiger partial charge on any atom is -0.372 e. The van der Waals surface area contributed by atoms with Crippen LogP contribution < -0.4 is 4.90 Å². The Hall–Kier alpha value is -0.660. The lowest BCUT2D eigenvalue weighted by Crippen LogP contribution is -2.20. The van der Waals surface area contributed by atoms with Crippen LogP contribution in [0, 0.1) is 0 Å². The minimum atomic E-state index is -3.99. The Morgan fingerprint density at radius 2 is 2.22 bits per heavy atom. The van der Waals surface area contributed by atoms with Gasteiger partial charge in [-0.15, -0.1) is 0 Å². The molecular weight excluding hydrogens is 293 g/mol. The molecule has 0 radical (unpaired) electrons. The van der Waals surface area contributed by atoms with E-state index >= 15 is 0 Å². The van der Waals surface area contributed by atoms with Gasteiger partial charge in [0.2, 0.25) is 0 Å². The van der Waals surface area contributed by atoms with Gasteiger partial charge in [0.05, 0.1) is 17.4 Å². The van der Waals surface area contributed by atoms with Gasteiger partial charge in [0.25, 0.3) is 0 Å². The van der Waals surface area contributed by atoms with Crippen LogP contribution in [0.1, 0.15) is 0 Å². The number of hydrogen-bond donors (Lipinski definition) is 2. The number of anilines is 1. The van der Waals surface area contributed by atoms with Crippen molar-refractivity contribution in [1.82, 2.24) is 8.75 Å². The van der Waals surface area contributed by atoms with Crippen molar-refractivity contribution >= 4 is 46.6 Å². The molecule has 0 atom stereocenters. The van der Waals surface area contributed by atoms with Crippen molar-refractivity contribution in [2.45, 2.75) is 0 Å². The van der Waals surface area contributed by atoms with Gasteiger partial charge in [-0.3, -0.25) is 0 Å². The number of hydrogen-bond acceptors (Lipinski definition) is 6. The maximum Gasteiger partial charge on any atom is 0.384 e. The van der Waals surface area contributed by atoms with Gasteiger partial charge in [0.1, 0.15) is 11.0 Å². The zero-order valence-corrected chi connectivity index (χ0v) is 12.1. The van der Waals surface area contributed by atoms with E-state index < -0.39 is 6.80 Å². The standard InChI is InChI=1S/C9H12N3O3PS2/c1-12(5-6-17-16(13,14)15)8-4-2-3-7-9(8)11-18-10-7/h2-4H,5-6H2,1H3,(H2,13,14,15). The van der Waals surface area contributed by atoms with Crippen molar-refractivity contribution in [3.8, 4) is 0 Å². The van der Waals surface area contributed by atoms with E-state index in [-0.39, 0.29) is 0 Å². The molecule has 2 aromatic rings. The molecule has 0 bridgehead atoms. The molecule has 1 aromatic carbocycles. The zero-order chi connectivity index (χ0) is 13.2. The number of nitrogens with zero attached hydrogens (tertiary/aromatic N) is 3. The van der Waals surface area contributed by atoms with Gasteiger partial charge in [-0.1, -0.05) is 6.07 Å². The van der Waals surface area contributed by atoms with Gasteiger partial charge < -0.3 is 14.7 Å². The lowest BCUT2D eigenvalue weighted by atomic mass is 10.2. The van der Waals surface area contributed by atoms with Crippen molar-refractivity contribution in [2.24, 2.45) is 0 Å². The van der Waals surface area contributed by atoms with E-state index in [1.54, 1.807) is 0 Å². The fraction of sp³-hybridized carbons (Fsp3) is 0.333. The highest BCUT2D eigenvalue weighted by atomic mass is 32.7. The average molecular weight is 305 g/mol. The third kappa shape index (κ3) is 3.43. The van der Waals surface area contributed by atoms with Gasteiger partial charge >= 0.3 is 6.80 Å². The van der Waals surface area contributed by atoms with Crippen LogP contribution in [0.3, 0.4) is 0 Å². The van der Waals surface area contributed by atoms with E-state index in [1.165, 1.54) is 0 Å². The second-order valence-electron chi connectivity index (χ2n) is 3.65. The Kier molecular flexibility index (Phi) is 4.24. The topological polar surface area (TPSA) is 86.6 Å². The van der Waals surface area contributed by atoms with Crippen LogP contribution in [0.25, 0.3) is 11.0 Å². The zero-order valence-electron chi connectivity index (χ0n) is 9.55. The van der Waals surface area contributed by atoms with E-state index in [0.29, 0.717) is 23.7 Å². The summed E-state index contributed by atoms with van der Waals surface area (Å²) in [4.78, 5) is 19.5. The van der Waals surface area contributed by atoms with Crippen molar-refractivity contribution in [1.29, 1.82) is 0 Å². The van der Waals surface area contributed by atoms with Crippen LogP contribution in [0.15, 0.2) is 18.2 Å². The summed E-state index contributed by atoms with van der Waals surface area (Å²) in [7, 11) is 1.87. The second-order valence-corrected chi connectivity index (χ2v) is 8.03. The Bertz CT molecular complexity index is 585. The molecule has 0 fully saturated rings. The number of rotatable bonds is 5. The molecule has 6 nitrogen and oxygen atoms in total. The molecule has 0 saturated heterocycles. The highest BCUT2D eigenvalue weighted by molar-refractivity contribution is 8.54. The molecule has 0 aliphatic carbocycles. The fourth-order valence-corrected chi connectivity index (χ4v) is 3.61. The molecule has 0 spiro atoms. The smallest absolute Gasteiger partial charge is 0.372 e. The first-order chi connectivity index (χ1) is 8.47. The van der Waals surface area contributed by atoms with Gasteiger partial charge in [-0.2, -0.15) is 8.75 Å². The van der Waals surface area contributed by atoms with Gasteiger partial charge in [-0.05, 0) is 23.5 Å². The monoisotopic (exact) mass is 305 g/mol. The van der Waals surface area contributed by atoms with E-state index in [0.717, 1.165) is 28.4 Å². The fourth-order valence-electron chi connectivity index (χ4n) is 1.52. The van der Waals surface area contributed by atoms with Crippen LogP contribution in [0.4, 0.5) is 5.69 Å². The molecule has 0 unspecified atom stereocenters. The molecule has 1 heterocycles. The van der Waals surface area contributed by atoms with Crippen molar-refractivity contribution in [2.75, 3.05) is 24.2 Å². The molecule has 9 heteroatoms. The quantitative estimate of drug-likeness (QED) is 0.816. The average Bonchev–Trinajstić information content (AvgIpc) is 2.74. The molecule has 2 N–H and O–H groups in total. The minimum absolute atomic E-state index is 0.356. The molecule has 2 rings (SSSR count). The van der Waals surface area contributed by atoms with E-state index in [4.69, 9.17) is 9.79 Å². The van der Waals surface area contributed by atoms with Crippen LogP contribution in [0.5, 0.6) is 0 Å². The summed E-state index contributed by atoms with van der Waals surface area (Å²) >= 11 is 1.81. The molecule has 1 aromatic heterocycles. The second kappa shape index (κ2) is 5.54. The first-order valence-corrected chi connectivity index (χ1v) is 9.03. The Morgan fingerprint density at radius 3 is 2.94 bits per heavy atom. The summed E-state index contributed by atoms with van der Waals surface area (Å²) in [6.45, 7) is -3.45. The van der Waals surface area contributed by atoms with Crippen LogP contribution in [0.2, 0.25) is 0 Å². The molecule has 98 valence electrons. The van der Waals surface area contributed by atoms with Crippen LogP contribution >= 0.6 is 29.9 Å². The van der Waals surface area contributed by atoms with Gasteiger partial charge in [0.15, 0.2) is 0 Å². The predicted octanol–water partition coefficient (Wildman–Crippen LogP) is 1.95. The van der Waals surface area contributed by atoms with E-state index in [2.05, 4.69) is 8.75 Å². The van der Waals surface area contributed by atoms with Crippen LogP contribution in [-0.2, 0) is 4.57 Å². The lowest BCUT2D eigenvalue weighted by Gasteiger charge is -2.19. The normalized spacial score (nSPS) is 11.9. The summed E-state index contributed by atoms with van der Waals surface area (Å²) in [5, 5.41) is 0. The summed E-state index contributed by atoms with van der Waals surface area (Å²) < 4.78 is 19.1. The Labute approximate surface area is 112 Å². The molecule has 0 aliphatic rings. The predicted molar refractivity (Wildman–Crippen MR) is 75.2 cm³/mol. The van der Waals surface area contributed by atoms with E-state index in [9.17, 15) is 4.57 Å². The molecule has 0 amide bonds. The third-order valence-corrected chi connectivity index (χ3v) is 5.16. The largest absolute Gasteiger partial charge is 0.384 e. The highest BCUT2D eigenvalue weighted by Crippen LogP contribution is 2.49. The first kappa shape index (κ1) is 13.8. The number of aromatic nitrogens is 2. The number of benzene rings is 1. The number of fused-ring (bicyclic) bond motifs is 1. The maximum absolute atomic E-state index is 10.7. The summed E-state index contributed by atoms with van der Waals surface area (Å²) in [5.74, 6) is 0.356. The molecule has 0 aliphatic heterocycles. The molecular formula is C9H12N3O3PS2. The lowest BCUT2D eigenvalue weighted by molar-refractivity contribution is 0.397. The highest BCUT2D eigenvalue weighted by Gasteiger charge is 2.15. The molecule has 18 heavy (non-hydrogen) atoms. The molecule has 0 saturated carbocycles. The first-order valence-electron chi connectivity index (χ1n) is 5.10. The van der Waals surface area contributed by atoms with Crippen molar-refractivity contribution in [3.63, 3.8) is 0 Å². The summed E-state index contributed by atoms with van der Waals surface area (Å²) in [5.41, 5.74) is 2.59. The maximum atomic E-state index is 10.7. The summed E-state index contributed by atoms with van der Waals surface area (Å²) in [6, 6.07) is 5.71. The Balaban J connectivity index is 2.07. The Morgan fingerprint density at radius 1 is 1.44 bits per heavy atom. The van der Waals surface area contributed by atoms with Gasteiger partial charge in [-0.25, -0.2) is 4.57 Å². The van der Waals surface area contributed by atoms with Crippen molar-refractivity contribution in [3.05, 3.63) is 18.2 Å². The third-order valence-electron chi connectivity index (χ3n) is 2.36. The van der Waals surface area contributed by atoms with Crippen LogP contribution in [-0.4, -0.2) is 37.9 Å².